The minimum atomic E-state index is 0.158. The topological polar surface area (TPSA) is 20.3 Å². The SMILES string of the molecule is O=C1CC(CS)CN1CC1(c2ccc(Cl)cc2)CCC1. The number of hydrogen-bond donors (Lipinski definition) is 1. The molecule has 1 heterocycles. The zero-order valence-electron chi connectivity index (χ0n) is 11.5. The van der Waals surface area contributed by atoms with Gasteiger partial charge in [-0.1, -0.05) is 30.2 Å². The van der Waals surface area contributed by atoms with E-state index >= 15 is 0 Å². The summed E-state index contributed by atoms with van der Waals surface area (Å²) in [6.07, 6.45) is 4.26. The molecule has 2 aliphatic rings. The van der Waals surface area contributed by atoms with Gasteiger partial charge in [0, 0.05) is 29.9 Å². The van der Waals surface area contributed by atoms with Crippen LogP contribution in [0.2, 0.25) is 5.02 Å². The first-order chi connectivity index (χ1) is 9.63. The Labute approximate surface area is 130 Å². The van der Waals surface area contributed by atoms with Crippen LogP contribution in [-0.2, 0) is 10.2 Å². The van der Waals surface area contributed by atoms with Crippen molar-refractivity contribution in [1.82, 2.24) is 4.90 Å². The van der Waals surface area contributed by atoms with E-state index in [2.05, 4.69) is 29.7 Å². The Bertz CT molecular complexity index is 498. The van der Waals surface area contributed by atoms with Crippen molar-refractivity contribution in [2.24, 2.45) is 5.92 Å². The molecule has 1 aliphatic carbocycles. The van der Waals surface area contributed by atoms with Gasteiger partial charge in [0.1, 0.15) is 0 Å². The number of thiol groups is 1. The van der Waals surface area contributed by atoms with Crippen molar-refractivity contribution in [1.29, 1.82) is 0 Å². The van der Waals surface area contributed by atoms with Crippen LogP contribution in [0.25, 0.3) is 0 Å². The van der Waals surface area contributed by atoms with Crippen molar-refractivity contribution in [3.05, 3.63) is 34.9 Å². The number of carbonyl (C=O) groups excluding carboxylic acids is 1. The molecule has 20 heavy (non-hydrogen) atoms. The van der Waals surface area contributed by atoms with E-state index < -0.39 is 0 Å². The van der Waals surface area contributed by atoms with E-state index in [1.165, 1.54) is 24.8 Å². The van der Waals surface area contributed by atoms with Gasteiger partial charge in [0.05, 0.1) is 0 Å². The third kappa shape index (κ3) is 2.58. The Morgan fingerprint density at radius 1 is 1.30 bits per heavy atom. The molecule has 0 bridgehead atoms. The van der Waals surface area contributed by atoms with Crippen molar-refractivity contribution < 1.29 is 4.79 Å². The Morgan fingerprint density at radius 2 is 2.00 bits per heavy atom. The molecule has 1 unspecified atom stereocenters. The lowest BCUT2D eigenvalue weighted by Gasteiger charge is -2.45. The number of likely N-dealkylation sites (tertiary alicyclic amines) is 1. The summed E-state index contributed by atoms with van der Waals surface area (Å²) in [5.74, 6) is 1.52. The maximum absolute atomic E-state index is 12.1. The van der Waals surface area contributed by atoms with Crippen LogP contribution in [0, 0.1) is 5.92 Å². The fraction of sp³-hybridized carbons (Fsp3) is 0.562. The van der Waals surface area contributed by atoms with Gasteiger partial charge in [0.25, 0.3) is 0 Å². The van der Waals surface area contributed by atoms with Gasteiger partial charge in [-0.3, -0.25) is 4.79 Å². The van der Waals surface area contributed by atoms with E-state index in [0.29, 0.717) is 18.2 Å². The molecule has 3 rings (SSSR count). The highest BCUT2D eigenvalue weighted by atomic mass is 35.5. The maximum Gasteiger partial charge on any atom is 0.222 e. The summed E-state index contributed by atoms with van der Waals surface area (Å²) in [5.41, 5.74) is 1.49. The quantitative estimate of drug-likeness (QED) is 0.844. The van der Waals surface area contributed by atoms with E-state index in [4.69, 9.17) is 11.6 Å². The first-order valence-electron chi connectivity index (χ1n) is 7.28. The summed E-state index contributed by atoms with van der Waals surface area (Å²) in [5, 5.41) is 0.774. The molecule has 1 aromatic carbocycles. The van der Waals surface area contributed by atoms with E-state index in [-0.39, 0.29) is 5.41 Å². The Kier molecular flexibility index (Phi) is 4.00. The second-order valence-electron chi connectivity index (χ2n) is 6.17. The average molecular weight is 310 g/mol. The van der Waals surface area contributed by atoms with Gasteiger partial charge in [-0.05, 0) is 42.2 Å². The van der Waals surface area contributed by atoms with Gasteiger partial charge in [-0.25, -0.2) is 0 Å². The van der Waals surface area contributed by atoms with Crippen LogP contribution in [-0.4, -0.2) is 29.6 Å². The largest absolute Gasteiger partial charge is 0.341 e. The Morgan fingerprint density at radius 3 is 2.50 bits per heavy atom. The summed E-state index contributed by atoms with van der Waals surface area (Å²) < 4.78 is 0. The number of hydrogen-bond acceptors (Lipinski definition) is 2. The smallest absolute Gasteiger partial charge is 0.222 e. The molecule has 1 amide bonds. The van der Waals surface area contributed by atoms with Crippen LogP contribution in [0.15, 0.2) is 24.3 Å². The van der Waals surface area contributed by atoms with Crippen molar-refractivity contribution in [3.8, 4) is 0 Å². The molecule has 108 valence electrons. The molecule has 1 saturated carbocycles. The summed E-state index contributed by atoms with van der Waals surface area (Å²) >= 11 is 10.3. The normalized spacial score (nSPS) is 24.8. The molecule has 0 N–H and O–H groups in total. The third-order valence-corrected chi connectivity index (χ3v) is 5.58. The summed E-state index contributed by atoms with van der Waals surface area (Å²) in [4.78, 5) is 14.2. The molecule has 1 aromatic rings. The highest BCUT2D eigenvalue weighted by molar-refractivity contribution is 7.80. The molecule has 0 aromatic heterocycles. The lowest BCUT2D eigenvalue weighted by atomic mass is 9.64. The van der Waals surface area contributed by atoms with E-state index in [0.717, 1.165) is 23.9 Å². The second-order valence-corrected chi connectivity index (χ2v) is 6.97. The van der Waals surface area contributed by atoms with Crippen molar-refractivity contribution >= 4 is 30.1 Å². The number of nitrogens with zero attached hydrogens (tertiary/aromatic N) is 1. The van der Waals surface area contributed by atoms with E-state index in [1.54, 1.807) is 0 Å². The minimum absolute atomic E-state index is 0.158. The van der Waals surface area contributed by atoms with E-state index in [9.17, 15) is 4.79 Å². The Balaban J connectivity index is 1.77. The molecular weight excluding hydrogens is 290 g/mol. The fourth-order valence-electron chi connectivity index (χ4n) is 3.44. The predicted octanol–water partition coefficient (Wildman–Crippen LogP) is 3.54. The van der Waals surface area contributed by atoms with Crippen molar-refractivity contribution in [2.45, 2.75) is 31.1 Å². The number of halogens is 1. The second kappa shape index (κ2) is 5.61. The third-order valence-electron chi connectivity index (χ3n) is 4.81. The molecule has 2 fully saturated rings. The van der Waals surface area contributed by atoms with Gasteiger partial charge < -0.3 is 4.90 Å². The summed E-state index contributed by atoms with van der Waals surface area (Å²) in [7, 11) is 0. The highest BCUT2D eigenvalue weighted by Crippen LogP contribution is 2.45. The van der Waals surface area contributed by atoms with Crippen LogP contribution in [0.1, 0.15) is 31.2 Å². The van der Waals surface area contributed by atoms with E-state index in [1.807, 2.05) is 12.1 Å². The average Bonchev–Trinajstić information content (AvgIpc) is 2.76. The zero-order valence-corrected chi connectivity index (χ0v) is 13.2. The van der Waals surface area contributed by atoms with Gasteiger partial charge in [0.15, 0.2) is 0 Å². The van der Waals surface area contributed by atoms with Crippen LogP contribution in [0.4, 0.5) is 0 Å². The molecule has 1 atom stereocenters. The number of benzene rings is 1. The van der Waals surface area contributed by atoms with Gasteiger partial charge in [0.2, 0.25) is 5.91 Å². The molecule has 0 radical (unpaired) electrons. The van der Waals surface area contributed by atoms with Gasteiger partial charge >= 0.3 is 0 Å². The molecule has 4 heteroatoms. The highest BCUT2D eigenvalue weighted by Gasteiger charge is 2.42. The monoisotopic (exact) mass is 309 g/mol. The molecule has 1 aliphatic heterocycles. The van der Waals surface area contributed by atoms with Gasteiger partial charge in [-0.2, -0.15) is 12.6 Å². The van der Waals surface area contributed by atoms with Crippen molar-refractivity contribution in [3.63, 3.8) is 0 Å². The van der Waals surface area contributed by atoms with Crippen LogP contribution in [0.5, 0.6) is 0 Å². The lowest BCUT2D eigenvalue weighted by molar-refractivity contribution is -0.129. The maximum atomic E-state index is 12.1. The minimum Gasteiger partial charge on any atom is -0.341 e. The summed E-state index contributed by atoms with van der Waals surface area (Å²) in [6, 6.07) is 8.16. The lowest BCUT2D eigenvalue weighted by Crippen LogP contribution is -2.46. The molecule has 2 nitrogen and oxygen atoms in total. The first-order valence-corrected chi connectivity index (χ1v) is 8.29. The fourth-order valence-corrected chi connectivity index (χ4v) is 3.81. The van der Waals surface area contributed by atoms with Crippen LogP contribution >= 0.6 is 24.2 Å². The van der Waals surface area contributed by atoms with Gasteiger partial charge in [-0.15, -0.1) is 0 Å². The number of carbonyl (C=O) groups is 1. The first kappa shape index (κ1) is 14.3. The molecule has 1 saturated heterocycles. The standard InChI is InChI=1S/C16H20ClNOS/c17-14-4-2-13(3-5-14)16(6-1-7-16)11-18-9-12(10-20)8-15(18)19/h2-5,12,20H,1,6-11H2. The molecule has 0 spiro atoms. The molecular formula is C16H20ClNOS. The number of rotatable bonds is 4. The van der Waals surface area contributed by atoms with Crippen LogP contribution < -0.4 is 0 Å². The Hall–Kier alpha value is -0.670. The van der Waals surface area contributed by atoms with Crippen molar-refractivity contribution in [2.75, 3.05) is 18.8 Å². The number of amides is 1. The zero-order chi connectivity index (χ0) is 14.2. The van der Waals surface area contributed by atoms with Crippen LogP contribution in [0.3, 0.4) is 0 Å². The summed E-state index contributed by atoms with van der Waals surface area (Å²) in [6.45, 7) is 1.73. The predicted molar refractivity (Wildman–Crippen MR) is 85.5 cm³/mol.